The molecule has 1 aromatic carbocycles. The number of likely N-dealkylation sites (tertiary alicyclic amines) is 1. The highest BCUT2D eigenvalue weighted by molar-refractivity contribution is 7.90. The van der Waals surface area contributed by atoms with Crippen LogP contribution in [0.15, 0.2) is 24.3 Å². The van der Waals surface area contributed by atoms with Gasteiger partial charge in [-0.15, -0.1) is 0 Å². The predicted octanol–water partition coefficient (Wildman–Crippen LogP) is 2.29. The highest BCUT2D eigenvalue weighted by atomic mass is 32.2. The number of ether oxygens (including phenoxy) is 1. The van der Waals surface area contributed by atoms with Gasteiger partial charge in [-0.25, -0.2) is 12.7 Å². The van der Waals surface area contributed by atoms with E-state index in [9.17, 15) is 13.2 Å². The van der Waals surface area contributed by atoms with Gasteiger partial charge < -0.3 is 9.64 Å². The number of carbonyl (C=O) groups is 1. The average molecular weight is 407 g/mol. The van der Waals surface area contributed by atoms with Crippen molar-refractivity contribution >= 4 is 15.9 Å². The summed E-state index contributed by atoms with van der Waals surface area (Å²) in [6, 6.07) is 7.80. The maximum absolute atomic E-state index is 13.1. The Labute approximate surface area is 167 Å². The Bertz CT molecular complexity index is 821. The lowest BCUT2D eigenvalue weighted by Crippen LogP contribution is -2.40. The zero-order valence-electron chi connectivity index (χ0n) is 16.5. The molecule has 2 heterocycles. The Morgan fingerprint density at radius 3 is 2.68 bits per heavy atom. The minimum absolute atomic E-state index is 0.134. The number of fused-ring (bicyclic) bond motifs is 1. The van der Waals surface area contributed by atoms with E-state index in [-0.39, 0.29) is 23.0 Å². The van der Waals surface area contributed by atoms with E-state index in [1.54, 1.807) is 11.4 Å². The number of hydrogen-bond acceptors (Lipinski definition) is 4. The fourth-order valence-corrected chi connectivity index (χ4v) is 6.97. The highest BCUT2D eigenvalue weighted by Gasteiger charge is 2.47. The number of rotatable bonds is 5. The molecule has 28 heavy (non-hydrogen) atoms. The maximum Gasteiger partial charge on any atom is 0.225 e. The van der Waals surface area contributed by atoms with Crippen molar-refractivity contribution in [3.05, 3.63) is 29.8 Å². The summed E-state index contributed by atoms with van der Waals surface area (Å²) in [5.41, 5.74) is 1.08. The van der Waals surface area contributed by atoms with E-state index in [0.717, 1.165) is 37.0 Å². The van der Waals surface area contributed by atoms with Gasteiger partial charge in [-0.1, -0.05) is 18.6 Å². The minimum Gasteiger partial charge on any atom is -0.497 e. The van der Waals surface area contributed by atoms with E-state index in [4.69, 9.17) is 4.74 Å². The molecule has 1 aliphatic carbocycles. The average Bonchev–Trinajstić information content (AvgIpc) is 2.78. The third kappa shape index (κ3) is 3.79. The number of amides is 1. The van der Waals surface area contributed by atoms with E-state index < -0.39 is 10.0 Å². The molecule has 154 valence electrons. The molecule has 0 unspecified atom stereocenters. The van der Waals surface area contributed by atoms with Crippen LogP contribution in [-0.2, 0) is 21.2 Å². The van der Waals surface area contributed by atoms with Crippen LogP contribution in [0.1, 0.15) is 37.7 Å². The van der Waals surface area contributed by atoms with Crippen LogP contribution in [-0.4, -0.2) is 62.1 Å². The summed E-state index contributed by atoms with van der Waals surface area (Å²) in [4.78, 5) is 14.5. The first kappa shape index (κ1) is 19.7. The SMILES string of the molecule is COc1cccc(CCN2C[C@@H]3CCN(C(=O)C4CCC4)CC[C@@H]3S2(=O)=O)c1. The van der Waals surface area contributed by atoms with Gasteiger partial charge in [0, 0.05) is 32.1 Å². The zero-order chi connectivity index (χ0) is 19.7. The molecule has 1 aromatic rings. The number of hydrogen-bond donors (Lipinski definition) is 0. The smallest absolute Gasteiger partial charge is 0.225 e. The fraction of sp³-hybridized carbons (Fsp3) is 0.667. The normalized spacial score (nSPS) is 27.7. The van der Waals surface area contributed by atoms with Crippen molar-refractivity contribution in [2.45, 2.75) is 43.8 Å². The van der Waals surface area contributed by atoms with Crippen molar-refractivity contribution in [1.29, 1.82) is 0 Å². The van der Waals surface area contributed by atoms with Gasteiger partial charge >= 0.3 is 0 Å². The molecular formula is C21H30N2O4S. The Morgan fingerprint density at radius 2 is 1.96 bits per heavy atom. The molecule has 2 saturated heterocycles. The van der Waals surface area contributed by atoms with Crippen LogP contribution in [0.25, 0.3) is 0 Å². The largest absolute Gasteiger partial charge is 0.497 e. The van der Waals surface area contributed by atoms with Crippen LogP contribution in [0.3, 0.4) is 0 Å². The molecule has 0 radical (unpaired) electrons. The van der Waals surface area contributed by atoms with Gasteiger partial charge in [-0.05, 0) is 55.7 Å². The van der Waals surface area contributed by atoms with Gasteiger partial charge in [-0.3, -0.25) is 4.79 Å². The molecule has 0 bridgehead atoms. The molecule has 3 aliphatic rings. The second-order valence-electron chi connectivity index (χ2n) is 8.33. The Kier molecular flexibility index (Phi) is 5.65. The summed E-state index contributed by atoms with van der Waals surface area (Å²) in [5, 5.41) is -0.336. The van der Waals surface area contributed by atoms with Gasteiger partial charge in [0.1, 0.15) is 5.75 Å². The third-order valence-electron chi connectivity index (χ3n) is 6.71. The first-order chi connectivity index (χ1) is 13.5. The first-order valence-electron chi connectivity index (χ1n) is 10.4. The lowest BCUT2D eigenvalue weighted by Gasteiger charge is -2.31. The number of carbonyl (C=O) groups excluding carboxylic acids is 1. The Morgan fingerprint density at radius 1 is 1.18 bits per heavy atom. The number of methoxy groups -OCH3 is 1. The molecule has 3 fully saturated rings. The van der Waals surface area contributed by atoms with Crippen LogP contribution >= 0.6 is 0 Å². The molecule has 0 N–H and O–H groups in total. The lowest BCUT2D eigenvalue weighted by molar-refractivity contribution is -0.138. The zero-order valence-corrected chi connectivity index (χ0v) is 17.4. The van der Waals surface area contributed by atoms with Crippen LogP contribution < -0.4 is 4.74 Å². The molecule has 2 atom stereocenters. The van der Waals surface area contributed by atoms with Crippen molar-refractivity contribution < 1.29 is 17.9 Å². The molecule has 0 spiro atoms. The topological polar surface area (TPSA) is 66.9 Å². The summed E-state index contributed by atoms with van der Waals surface area (Å²) in [6.07, 6.45) is 5.19. The predicted molar refractivity (Wildman–Crippen MR) is 108 cm³/mol. The van der Waals surface area contributed by atoms with E-state index >= 15 is 0 Å². The quantitative estimate of drug-likeness (QED) is 0.753. The van der Waals surface area contributed by atoms with Crippen LogP contribution in [0.5, 0.6) is 5.75 Å². The monoisotopic (exact) mass is 406 g/mol. The molecule has 6 nitrogen and oxygen atoms in total. The van der Waals surface area contributed by atoms with Gasteiger partial charge in [0.25, 0.3) is 0 Å². The summed E-state index contributed by atoms with van der Waals surface area (Å²) in [7, 11) is -1.66. The first-order valence-corrected chi connectivity index (χ1v) is 11.9. The van der Waals surface area contributed by atoms with Gasteiger partial charge in [0.2, 0.25) is 15.9 Å². The molecule has 0 aromatic heterocycles. The molecule has 2 aliphatic heterocycles. The Balaban J connectivity index is 1.38. The van der Waals surface area contributed by atoms with Crippen molar-refractivity contribution in [1.82, 2.24) is 9.21 Å². The maximum atomic E-state index is 13.1. The van der Waals surface area contributed by atoms with Crippen molar-refractivity contribution in [2.75, 3.05) is 33.3 Å². The summed E-state index contributed by atoms with van der Waals surface area (Å²) < 4.78 is 33.1. The molecule has 7 heteroatoms. The van der Waals surface area contributed by atoms with E-state index in [1.165, 1.54) is 0 Å². The van der Waals surface area contributed by atoms with Crippen LogP contribution in [0.2, 0.25) is 0 Å². The van der Waals surface area contributed by atoms with Gasteiger partial charge in [0.05, 0.1) is 12.4 Å². The second kappa shape index (κ2) is 8.03. The minimum atomic E-state index is -3.29. The fourth-order valence-electron chi connectivity index (χ4n) is 4.73. The lowest BCUT2D eigenvalue weighted by atomic mass is 9.84. The van der Waals surface area contributed by atoms with Gasteiger partial charge in [-0.2, -0.15) is 0 Å². The Hall–Kier alpha value is -1.60. The van der Waals surface area contributed by atoms with Gasteiger partial charge in [0.15, 0.2) is 0 Å². The highest BCUT2D eigenvalue weighted by Crippen LogP contribution is 2.36. The molecule has 1 saturated carbocycles. The van der Waals surface area contributed by atoms with Crippen molar-refractivity contribution in [2.24, 2.45) is 11.8 Å². The summed E-state index contributed by atoms with van der Waals surface area (Å²) in [5.74, 6) is 1.37. The summed E-state index contributed by atoms with van der Waals surface area (Å²) >= 11 is 0. The van der Waals surface area contributed by atoms with Crippen LogP contribution in [0, 0.1) is 11.8 Å². The number of sulfonamides is 1. The van der Waals surface area contributed by atoms with Crippen LogP contribution in [0.4, 0.5) is 0 Å². The number of benzene rings is 1. The van der Waals surface area contributed by atoms with E-state index in [0.29, 0.717) is 39.0 Å². The number of nitrogens with zero attached hydrogens (tertiary/aromatic N) is 2. The van der Waals surface area contributed by atoms with Crippen molar-refractivity contribution in [3.8, 4) is 5.75 Å². The third-order valence-corrected chi connectivity index (χ3v) is 9.15. The molecular weight excluding hydrogens is 376 g/mol. The van der Waals surface area contributed by atoms with E-state index in [1.807, 2.05) is 29.2 Å². The summed E-state index contributed by atoms with van der Waals surface area (Å²) in [6.45, 7) is 2.38. The van der Waals surface area contributed by atoms with E-state index in [2.05, 4.69) is 0 Å². The molecule has 4 rings (SSSR count). The second-order valence-corrected chi connectivity index (χ2v) is 10.5. The standard InChI is InChI=1S/C21H30N2O4S/c1-27-19-7-2-4-16(14-19)8-13-23-15-18-9-11-22(21(24)17-5-3-6-17)12-10-20(18)28(23,25)26/h2,4,7,14,17-18,20H,3,5-6,8-13,15H2,1H3/t18-,20-/m0/s1. The van der Waals surface area contributed by atoms with Crippen molar-refractivity contribution in [3.63, 3.8) is 0 Å². The molecule has 1 amide bonds.